The highest BCUT2D eigenvalue weighted by Gasteiger charge is 2.52. The SMILES string of the molecule is CCOC(=O)C1=C(NCCO)C[C@](C)(O)[C@H](C(=O)OCC)[C@H]1c1ccccc1. The van der Waals surface area contributed by atoms with Gasteiger partial charge in [-0.25, -0.2) is 4.79 Å². The summed E-state index contributed by atoms with van der Waals surface area (Å²) in [6.07, 6.45) is 0.0357. The number of carbonyl (C=O) groups excluding carboxylic acids is 2. The molecule has 1 aliphatic rings. The molecule has 7 nitrogen and oxygen atoms in total. The first kappa shape index (κ1) is 21.9. The lowest BCUT2D eigenvalue weighted by Crippen LogP contribution is -2.50. The van der Waals surface area contributed by atoms with Gasteiger partial charge >= 0.3 is 11.9 Å². The molecule has 28 heavy (non-hydrogen) atoms. The monoisotopic (exact) mass is 391 g/mol. The van der Waals surface area contributed by atoms with Crippen molar-refractivity contribution in [3.05, 3.63) is 47.2 Å². The molecule has 0 unspecified atom stereocenters. The molecule has 1 aliphatic carbocycles. The van der Waals surface area contributed by atoms with Gasteiger partial charge in [0.2, 0.25) is 0 Å². The number of esters is 2. The van der Waals surface area contributed by atoms with Crippen molar-refractivity contribution < 1.29 is 29.3 Å². The van der Waals surface area contributed by atoms with Crippen LogP contribution in [0, 0.1) is 5.92 Å². The maximum atomic E-state index is 12.9. The van der Waals surface area contributed by atoms with Gasteiger partial charge in [0.15, 0.2) is 0 Å². The Kier molecular flexibility index (Phi) is 7.60. The molecule has 3 atom stereocenters. The molecule has 0 saturated carbocycles. The lowest BCUT2D eigenvalue weighted by molar-refractivity contribution is -0.160. The highest BCUT2D eigenvalue weighted by atomic mass is 16.5. The maximum absolute atomic E-state index is 12.9. The molecule has 0 heterocycles. The Hall–Kier alpha value is -2.38. The van der Waals surface area contributed by atoms with Crippen LogP contribution in [0.3, 0.4) is 0 Å². The molecule has 154 valence electrons. The van der Waals surface area contributed by atoms with Crippen LogP contribution in [-0.4, -0.2) is 54.1 Å². The third-order valence-corrected chi connectivity index (χ3v) is 4.82. The van der Waals surface area contributed by atoms with E-state index < -0.39 is 29.4 Å². The first-order valence-electron chi connectivity index (χ1n) is 9.56. The molecule has 0 aromatic heterocycles. The lowest BCUT2D eigenvalue weighted by atomic mass is 9.66. The fraction of sp³-hybridized carbons (Fsp3) is 0.524. The van der Waals surface area contributed by atoms with Gasteiger partial charge in [-0.3, -0.25) is 4.79 Å². The molecule has 0 spiro atoms. The fourth-order valence-corrected chi connectivity index (χ4v) is 3.74. The Morgan fingerprint density at radius 1 is 1.18 bits per heavy atom. The van der Waals surface area contributed by atoms with E-state index in [0.717, 1.165) is 0 Å². The largest absolute Gasteiger partial charge is 0.466 e. The Bertz CT molecular complexity index is 713. The van der Waals surface area contributed by atoms with E-state index in [1.807, 2.05) is 18.2 Å². The standard InChI is InChI=1S/C21H29NO6/c1-4-27-19(24)17-15(22-11-12-23)13-21(3,26)18(20(25)28-5-2)16(17)14-9-7-6-8-10-14/h6-10,16,18,22-23,26H,4-5,11-13H2,1-3H3/t16-,18-,21-/m0/s1. The van der Waals surface area contributed by atoms with Crippen molar-refractivity contribution in [2.45, 2.75) is 38.7 Å². The second kappa shape index (κ2) is 9.71. The van der Waals surface area contributed by atoms with Crippen molar-refractivity contribution in [3.8, 4) is 0 Å². The number of hydrogen-bond acceptors (Lipinski definition) is 7. The number of rotatable bonds is 8. The van der Waals surface area contributed by atoms with Crippen molar-refractivity contribution in [1.29, 1.82) is 0 Å². The van der Waals surface area contributed by atoms with E-state index in [-0.39, 0.29) is 38.4 Å². The second-order valence-electron chi connectivity index (χ2n) is 6.92. The van der Waals surface area contributed by atoms with Crippen LogP contribution >= 0.6 is 0 Å². The number of ether oxygens (including phenoxy) is 2. The minimum atomic E-state index is -1.46. The first-order chi connectivity index (χ1) is 13.4. The van der Waals surface area contributed by atoms with Crippen LogP contribution < -0.4 is 5.32 Å². The summed E-state index contributed by atoms with van der Waals surface area (Å²) in [6.45, 7) is 5.38. The van der Waals surface area contributed by atoms with Gasteiger partial charge in [0.25, 0.3) is 0 Å². The molecule has 0 fully saturated rings. The van der Waals surface area contributed by atoms with Crippen LogP contribution in [0.15, 0.2) is 41.6 Å². The van der Waals surface area contributed by atoms with E-state index in [2.05, 4.69) is 5.32 Å². The second-order valence-corrected chi connectivity index (χ2v) is 6.92. The molecule has 0 aliphatic heterocycles. The summed E-state index contributed by atoms with van der Waals surface area (Å²) in [6, 6.07) is 9.07. The van der Waals surface area contributed by atoms with E-state index in [4.69, 9.17) is 9.47 Å². The van der Waals surface area contributed by atoms with Crippen molar-refractivity contribution in [2.24, 2.45) is 5.92 Å². The molecule has 0 saturated heterocycles. The Labute approximate surface area is 165 Å². The van der Waals surface area contributed by atoms with Gasteiger partial charge < -0.3 is 25.0 Å². The predicted octanol–water partition coefficient (Wildman–Crippen LogP) is 1.50. The van der Waals surface area contributed by atoms with E-state index in [9.17, 15) is 19.8 Å². The Morgan fingerprint density at radius 3 is 2.39 bits per heavy atom. The van der Waals surface area contributed by atoms with Gasteiger partial charge in [-0.05, 0) is 26.3 Å². The van der Waals surface area contributed by atoms with Gasteiger partial charge in [0, 0.05) is 24.6 Å². The number of carbonyl (C=O) groups is 2. The van der Waals surface area contributed by atoms with Crippen molar-refractivity contribution in [3.63, 3.8) is 0 Å². The van der Waals surface area contributed by atoms with Crippen LogP contribution in [-0.2, 0) is 19.1 Å². The molecule has 0 amide bonds. The fourth-order valence-electron chi connectivity index (χ4n) is 3.74. The van der Waals surface area contributed by atoms with Gasteiger partial charge in [-0.2, -0.15) is 0 Å². The summed E-state index contributed by atoms with van der Waals surface area (Å²) in [4.78, 5) is 25.7. The Morgan fingerprint density at radius 2 is 1.82 bits per heavy atom. The van der Waals surface area contributed by atoms with Crippen LogP contribution in [0.2, 0.25) is 0 Å². The highest BCUT2D eigenvalue weighted by molar-refractivity contribution is 5.93. The summed E-state index contributed by atoms with van der Waals surface area (Å²) in [5.41, 5.74) is -0.00885. The average Bonchev–Trinajstić information content (AvgIpc) is 2.66. The highest BCUT2D eigenvalue weighted by Crippen LogP contribution is 2.47. The first-order valence-corrected chi connectivity index (χ1v) is 9.56. The lowest BCUT2D eigenvalue weighted by Gasteiger charge is -2.43. The number of hydrogen-bond donors (Lipinski definition) is 3. The number of nitrogens with one attached hydrogen (secondary N) is 1. The number of aliphatic hydroxyl groups excluding tert-OH is 1. The molecule has 0 radical (unpaired) electrons. The molecule has 1 aromatic rings. The summed E-state index contributed by atoms with van der Waals surface area (Å²) >= 11 is 0. The van der Waals surface area contributed by atoms with E-state index in [1.165, 1.54) is 0 Å². The minimum Gasteiger partial charge on any atom is -0.466 e. The summed E-state index contributed by atoms with van der Waals surface area (Å²) in [7, 11) is 0. The van der Waals surface area contributed by atoms with Crippen LogP contribution in [0.1, 0.15) is 38.7 Å². The van der Waals surface area contributed by atoms with Crippen molar-refractivity contribution >= 4 is 11.9 Å². The zero-order valence-corrected chi connectivity index (χ0v) is 16.6. The summed E-state index contributed by atoms with van der Waals surface area (Å²) < 4.78 is 10.5. The van der Waals surface area contributed by atoms with Crippen molar-refractivity contribution in [2.75, 3.05) is 26.4 Å². The third-order valence-electron chi connectivity index (χ3n) is 4.82. The Balaban J connectivity index is 2.69. The quantitative estimate of drug-likeness (QED) is 0.577. The third kappa shape index (κ3) is 4.72. The van der Waals surface area contributed by atoms with E-state index in [0.29, 0.717) is 11.3 Å². The van der Waals surface area contributed by atoms with Crippen LogP contribution in [0.25, 0.3) is 0 Å². The normalized spacial score (nSPS) is 24.6. The molecule has 3 N–H and O–H groups in total. The van der Waals surface area contributed by atoms with Crippen LogP contribution in [0.4, 0.5) is 0 Å². The van der Waals surface area contributed by atoms with Gasteiger partial charge in [0.1, 0.15) is 0 Å². The van der Waals surface area contributed by atoms with Gasteiger partial charge in [-0.15, -0.1) is 0 Å². The van der Waals surface area contributed by atoms with Gasteiger partial charge in [0.05, 0.1) is 36.9 Å². The zero-order valence-electron chi connectivity index (χ0n) is 16.6. The molecular formula is C21H29NO6. The molecule has 0 bridgehead atoms. The predicted molar refractivity (Wildman–Crippen MR) is 103 cm³/mol. The summed E-state index contributed by atoms with van der Waals surface area (Å²) in [5, 5.41) is 23.4. The van der Waals surface area contributed by atoms with E-state index >= 15 is 0 Å². The molecule has 1 aromatic carbocycles. The van der Waals surface area contributed by atoms with E-state index in [1.54, 1.807) is 32.9 Å². The van der Waals surface area contributed by atoms with Crippen molar-refractivity contribution in [1.82, 2.24) is 5.32 Å². The molecule has 7 heteroatoms. The van der Waals surface area contributed by atoms with Gasteiger partial charge in [-0.1, -0.05) is 30.3 Å². The molecular weight excluding hydrogens is 362 g/mol. The number of benzene rings is 1. The topological polar surface area (TPSA) is 105 Å². The minimum absolute atomic E-state index is 0.0357. The molecule has 2 rings (SSSR count). The number of aliphatic hydroxyl groups is 2. The summed E-state index contributed by atoms with van der Waals surface area (Å²) in [5.74, 6) is -2.84. The smallest absolute Gasteiger partial charge is 0.336 e. The average molecular weight is 391 g/mol. The maximum Gasteiger partial charge on any atom is 0.336 e. The zero-order chi connectivity index (χ0) is 20.7. The van der Waals surface area contributed by atoms with Crippen LogP contribution in [0.5, 0.6) is 0 Å².